The highest BCUT2D eigenvalue weighted by atomic mass is 13.9. The standard InChI is InChI=1S/C10H4/c1-3-9-6-5-7-10(4-2)8-9/h5-8H. The Morgan fingerprint density at radius 3 is 1.90 bits per heavy atom. The second-order valence-corrected chi connectivity index (χ2v) is 1.83. The Hall–Kier alpha value is -1.66. The fourth-order valence-corrected chi connectivity index (χ4v) is 0.675. The van der Waals surface area contributed by atoms with Crippen molar-refractivity contribution >= 4 is 0 Å². The minimum Gasteiger partial charge on any atom is -0.0598 e. The molecule has 44 valence electrons. The Morgan fingerprint density at radius 1 is 1.00 bits per heavy atom. The molecule has 0 aliphatic rings. The lowest BCUT2D eigenvalue weighted by molar-refractivity contribution is 1.60. The van der Waals surface area contributed by atoms with Crippen LogP contribution in [0, 0.1) is 24.7 Å². The van der Waals surface area contributed by atoms with Gasteiger partial charge >= 0.3 is 0 Å². The van der Waals surface area contributed by atoms with Gasteiger partial charge in [-0.05, 0) is 31.0 Å². The topological polar surface area (TPSA) is 0 Å². The van der Waals surface area contributed by atoms with E-state index in [0.717, 1.165) is 0 Å². The summed E-state index contributed by atoms with van der Waals surface area (Å²) < 4.78 is 0. The molecule has 0 nitrogen and oxygen atoms in total. The molecule has 0 atom stereocenters. The van der Waals surface area contributed by atoms with Crippen molar-refractivity contribution in [1.82, 2.24) is 0 Å². The normalized spacial score (nSPS) is 7.80. The third kappa shape index (κ3) is 1.19. The Labute approximate surface area is 60.9 Å². The second kappa shape index (κ2) is 2.76. The molecule has 2 radical (unpaired) electrons. The smallest absolute Gasteiger partial charge is 0.0267 e. The third-order valence-electron chi connectivity index (χ3n) is 1.15. The second-order valence-electron chi connectivity index (χ2n) is 1.83. The highest BCUT2D eigenvalue weighted by molar-refractivity contribution is 5.39. The quantitative estimate of drug-likeness (QED) is 0.460. The molecule has 0 aliphatic carbocycles. The summed E-state index contributed by atoms with van der Waals surface area (Å²) in [6, 6.07) is 6.97. The first kappa shape index (κ1) is 6.46. The molecule has 10 heavy (non-hydrogen) atoms. The van der Waals surface area contributed by atoms with E-state index in [9.17, 15) is 0 Å². The highest BCUT2D eigenvalue weighted by Crippen LogP contribution is 2.01. The van der Waals surface area contributed by atoms with Crippen LogP contribution in [0.15, 0.2) is 24.3 Å². The summed E-state index contributed by atoms with van der Waals surface area (Å²) in [5, 5.41) is 0. The predicted molar refractivity (Wildman–Crippen MR) is 38.9 cm³/mol. The van der Waals surface area contributed by atoms with Crippen molar-refractivity contribution < 1.29 is 0 Å². The largest absolute Gasteiger partial charge is 0.0598 e. The van der Waals surface area contributed by atoms with Gasteiger partial charge in [0.1, 0.15) is 0 Å². The maximum atomic E-state index is 6.78. The zero-order chi connectivity index (χ0) is 7.40. The lowest BCUT2D eigenvalue weighted by Crippen LogP contribution is -1.75. The summed E-state index contributed by atoms with van der Waals surface area (Å²) in [5.41, 5.74) is 1.36. The first-order valence-electron chi connectivity index (χ1n) is 2.82. The van der Waals surface area contributed by atoms with Crippen molar-refractivity contribution in [2.24, 2.45) is 0 Å². The van der Waals surface area contributed by atoms with Crippen LogP contribution in [0.1, 0.15) is 11.1 Å². The Morgan fingerprint density at radius 2 is 1.50 bits per heavy atom. The number of hydrogen-bond donors (Lipinski definition) is 0. The van der Waals surface area contributed by atoms with E-state index in [1.807, 2.05) is 0 Å². The molecule has 0 saturated heterocycles. The Bertz CT molecular complexity index is 278. The van der Waals surface area contributed by atoms with Crippen LogP contribution in [0.4, 0.5) is 0 Å². The van der Waals surface area contributed by atoms with Crippen molar-refractivity contribution in [3.63, 3.8) is 0 Å². The van der Waals surface area contributed by atoms with Crippen molar-refractivity contribution in [1.29, 1.82) is 0 Å². The Kier molecular flexibility index (Phi) is 1.78. The molecule has 0 spiro atoms. The number of benzene rings is 1. The third-order valence-corrected chi connectivity index (χ3v) is 1.15. The van der Waals surface area contributed by atoms with Crippen molar-refractivity contribution in [2.45, 2.75) is 0 Å². The Balaban J connectivity index is 3.17. The first-order valence-corrected chi connectivity index (χ1v) is 2.82. The first-order chi connectivity index (χ1) is 4.86. The monoisotopic (exact) mass is 124 g/mol. The number of rotatable bonds is 0. The molecule has 0 heteroatoms. The van der Waals surface area contributed by atoms with Gasteiger partial charge in [0.2, 0.25) is 0 Å². The SMILES string of the molecule is [C]#Cc1cccc(C#[C])c1. The van der Waals surface area contributed by atoms with Crippen LogP contribution < -0.4 is 0 Å². The van der Waals surface area contributed by atoms with Gasteiger partial charge in [-0.2, -0.15) is 0 Å². The molecule has 1 aromatic rings. The van der Waals surface area contributed by atoms with E-state index >= 15 is 0 Å². The van der Waals surface area contributed by atoms with E-state index in [2.05, 4.69) is 11.8 Å². The summed E-state index contributed by atoms with van der Waals surface area (Å²) >= 11 is 0. The van der Waals surface area contributed by atoms with Gasteiger partial charge in [0.25, 0.3) is 0 Å². The van der Waals surface area contributed by atoms with Crippen LogP contribution in [0.25, 0.3) is 0 Å². The van der Waals surface area contributed by atoms with E-state index in [0.29, 0.717) is 11.1 Å². The highest BCUT2D eigenvalue weighted by Gasteiger charge is 1.86. The molecule has 0 saturated carbocycles. The summed E-state index contributed by atoms with van der Waals surface area (Å²) in [4.78, 5) is 0. The van der Waals surface area contributed by atoms with Crippen LogP contribution in [0.5, 0.6) is 0 Å². The average Bonchev–Trinajstić information content (AvgIpc) is 2.05. The molecular weight excluding hydrogens is 120 g/mol. The van der Waals surface area contributed by atoms with Gasteiger partial charge in [-0.15, -0.1) is 0 Å². The molecule has 1 aromatic carbocycles. The van der Waals surface area contributed by atoms with Crippen molar-refractivity contribution in [2.75, 3.05) is 0 Å². The van der Waals surface area contributed by atoms with Gasteiger partial charge < -0.3 is 0 Å². The number of hydrogen-bond acceptors (Lipinski definition) is 0. The summed E-state index contributed by atoms with van der Waals surface area (Å²) in [6.45, 7) is 0. The van der Waals surface area contributed by atoms with E-state index in [-0.39, 0.29) is 0 Å². The van der Waals surface area contributed by atoms with Crippen molar-refractivity contribution in [3.05, 3.63) is 48.2 Å². The summed E-state index contributed by atoms with van der Waals surface area (Å²) in [6.07, 6.45) is 13.6. The minimum atomic E-state index is 0.678. The van der Waals surface area contributed by atoms with Crippen molar-refractivity contribution in [3.8, 4) is 11.8 Å². The van der Waals surface area contributed by atoms with Gasteiger partial charge in [-0.3, -0.25) is 0 Å². The molecule has 0 N–H and O–H groups in total. The van der Waals surface area contributed by atoms with Crippen LogP contribution in [-0.2, 0) is 0 Å². The molecular formula is C10H4. The predicted octanol–water partition coefficient (Wildman–Crippen LogP) is 1.56. The van der Waals surface area contributed by atoms with Crippen LogP contribution in [0.3, 0.4) is 0 Å². The van der Waals surface area contributed by atoms with Gasteiger partial charge in [0.05, 0.1) is 0 Å². The fourth-order valence-electron chi connectivity index (χ4n) is 0.675. The molecule has 0 aliphatic heterocycles. The van der Waals surface area contributed by atoms with E-state index < -0.39 is 0 Å². The summed E-state index contributed by atoms with van der Waals surface area (Å²) in [5.74, 6) is 4.46. The fraction of sp³-hybridized carbons (Fsp3) is 0. The van der Waals surface area contributed by atoms with Gasteiger partial charge in [0.15, 0.2) is 0 Å². The van der Waals surface area contributed by atoms with Gasteiger partial charge in [-0.1, -0.05) is 17.9 Å². The maximum absolute atomic E-state index is 6.78. The van der Waals surface area contributed by atoms with E-state index in [4.69, 9.17) is 12.8 Å². The van der Waals surface area contributed by atoms with Gasteiger partial charge in [-0.25, -0.2) is 0 Å². The van der Waals surface area contributed by atoms with E-state index in [1.165, 1.54) is 0 Å². The zero-order valence-corrected chi connectivity index (χ0v) is 5.31. The van der Waals surface area contributed by atoms with Gasteiger partial charge in [0, 0.05) is 11.1 Å². The molecule has 0 heterocycles. The molecule has 0 aromatic heterocycles. The molecule has 0 unspecified atom stereocenters. The summed E-state index contributed by atoms with van der Waals surface area (Å²) in [7, 11) is 0. The molecule has 0 bridgehead atoms. The lowest BCUT2D eigenvalue weighted by atomic mass is 10.1. The maximum Gasteiger partial charge on any atom is 0.0267 e. The van der Waals surface area contributed by atoms with Crippen LogP contribution in [0.2, 0.25) is 0 Å². The lowest BCUT2D eigenvalue weighted by Gasteiger charge is -1.89. The van der Waals surface area contributed by atoms with Crippen LogP contribution in [-0.4, -0.2) is 0 Å². The average molecular weight is 124 g/mol. The molecule has 0 amide bonds. The van der Waals surface area contributed by atoms with Crippen LogP contribution >= 0.6 is 0 Å². The molecule has 1 rings (SSSR count). The molecule has 0 fully saturated rings. The van der Waals surface area contributed by atoms with E-state index in [1.54, 1.807) is 24.3 Å². The zero-order valence-electron chi connectivity index (χ0n) is 5.31. The minimum absolute atomic E-state index is 0.678.